The lowest BCUT2D eigenvalue weighted by Crippen LogP contribution is -2.37. The van der Waals surface area contributed by atoms with Gasteiger partial charge in [-0.05, 0) is 67.9 Å². The lowest BCUT2D eigenvalue weighted by atomic mass is 10.2. The van der Waals surface area contributed by atoms with E-state index in [4.69, 9.17) is 0 Å². The highest BCUT2D eigenvalue weighted by Gasteiger charge is 2.16. The molecule has 1 unspecified atom stereocenters. The van der Waals surface area contributed by atoms with Crippen molar-refractivity contribution in [3.63, 3.8) is 0 Å². The van der Waals surface area contributed by atoms with Gasteiger partial charge in [0.05, 0.1) is 4.90 Å². The minimum absolute atomic E-state index is 0.0372. The summed E-state index contributed by atoms with van der Waals surface area (Å²) in [5.41, 5.74) is 0.774. The molecule has 1 amide bonds. The molecule has 8 heteroatoms. The molecule has 1 saturated heterocycles. The van der Waals surface area contributed by atoms with Gasteiger partial charge < -0.3 is 10.6 Å². The van der Waals surface area contributed by atoms with Crippen LogP contribution in [0, 0.1) is 5.82 Å². The molecule has 0 saturated carbocycles. The van der Waals surface area contributed by atoms with Gasteiger partial charge in [-0.15, -0.1) is 0 Å². The molecule has 2 aromatic rings. The van der Waals surface area contributed by atoms with E-state index in [-0.39, 0.29) is 10.8 Å². The van der Waals surface area contributed by atoms with E-state index in [9.17, 15) is 17.6 Å². The standard InChI is InChI=1S/C18H20FN3O3S/c19-14-5-9-17(10-6-14)26(24,25)22-15-7-3-13(4-8-15)18(23)21-12-16-2-1-11-20-16/h3-10,16,20,22H,1-2,11-12H2,(H,21,23). The average molecular weight is 377 g/mol. The molecule has 26 heavy (non-hydrogen) atoms. The zero-order valence-corrected chi connectivity index (χ0v) is 14.9. The van der Waals surface area contributed by atoms with Crippen molar-refractivity contribution < 1.29 is 17.6 Å². The monoisotopic (exact) mass is 377 g/mol. The van der Waals surface area contributed by atoms with E-state index in [1.54, 1.807) is 12.1 Å². The van der Waals surface area contributed by atoms with Crippen LogP contribution >= 0.6 is 0 Å². The normalized spacial score (nSPS) is 17.0. The summed E-state index contributed by atoms with van der Waals surface area (Å²) < 4.78 is 39.9. The topological polar surface area (TPSA) is 87.3 Å². The predicted octanol–water partition coefficient (Wildman–Crippen LogP) is 2.11. The van der Waals surface area contributed by atoms with Gasteiger partial charge in [-0.3, -0.25) is 9.52 Å². The molecule has 1 aliphatic heterocycles. The van der Waals surface area contributed by atoms with Gasteiger partial charge in [0.25, 0.3) is 15.9 Å². The van der Waals surface area contributed by atoms with E-state index >= 15 is 0 Å². The van der Waals surface area contributed by atoms with Crippen molar-refractivity contribution in [3.8, 4) is 0 Å². The molecule has 2 aromatic carbocycles. The number of halogens is 1. The summed E-state index contributed by atoms with van der Waals surface area (Å²) in [4.78, 5) is 12.1. The summed E-state index contributed by atoms with van der Waals surface area (Å²) in [7, 11) is -3.81. The summed E-state index contributed by atoms with van der Waals surface area (Å²) in [6, 6.07) is 11.0. The van der Waals surface area contributed by atoms with Crippen LogP contribution in [0.4, 0.5) is 10.1 Å². The quantitative estimate of drug-likeness (QED) is 0.720. The van der Waals surface area contributed by atoms with Gasteiger partial charge in [0.1, 0.15) is 5.82 Å². The first-order valence-corrected chi connectivity index (χ1v) is 9.82. The molecule has 1 atom stereocenters. The second kappa shape index (κ2) is 7.84. The summed E-state index contributed by atoms with van der Waals surface area (Å²) in [5.74, 6) is -0.709. The molecule has 138 valence electrons. The second-order valence-corrected chi connectivity index (χ2v) is 7.82. The molecule has 0 aliphatic carbocycles. The zero-order chi connectivity index (χ0) is 18.6. The first-order valence-electron chi connectivity index (χ1n) is 8.34. The van der Waals surface area contributed by atoms with Crippen LogP contribution in [0.15, 0.2) is 53.4 Å². The number of hydrogen-bond donors (Lipinski definition) is 3. The van der Waals surface area contributed by atoms with E-state index in [0.29, 0.717) is 23.8 Å². The van der Waals surface area contributed by atoms with Crippen molar-refractivity contribution in [3.05, 3.63) is 59.9 Å². The van der Waals surface area contributed by atoms with Crippen LogP contribution < -0.4 is 15.4 Å². The molecular weight excluding hydrogens is 357 g/mol. The van der Waals surface area contributed by atoms with Crippen LogP contribution in [0.5, 0.6) is 0 Å². The number of amides is 1. The van der Waals surface area contributed by atoms with Crippen LogP contribution in [0.3, 0.4) is 0 Å². The molecule has 0 aromatic heterocycles. The van der Waals surface area contributed by atoms with E-state index in [0.717, 1.165) is 31.5 Å². The Hall–Kier alpha value is -2.45. The second-order valence-electron chi connectivity index (χ2n) is 6.14. The van der Waals surface area contributed by atoms with Gasteiger partial charge >= 0.3 is 0 Å². The van der Waals surface area contributed by atoms with E-state index < -0.39 is 15.8 Å². The molecule has 1 aliphatic rings. The third-order valence-electron chi connectivity index (χ3n) is 4.19. The summed E-state index contributed by atoms with van der Waals surface area (Å²) in [6.07, 6.45) is 2.16. The fourth-order valence-electron chi connectivity index (χ4n) is 2.77. The zero-order valence-electron chi connectivity index (χ0n) is 14.0. The van der Waals surface area contributed by atoms with Crippen LogP contribution in [-0.2, 0) is 10.0 Å². The molecule has 0 spiro atoms. The minimum atomic E-state index is -3.81. The SMILES string of the molecule is O=C(NCC1CCCN1)c1ccc(NS(=O)(=O)c2ccc(F)cc2)cc1. The molecule has 1 heterocycles. The van der Waals surface area contributed by atoms with Crippen molar-refractivity contribution in [2.75, 3.05) is 17.8 Å². The Labute approximate surface area is 151 Å². The average Bonchev–Trinajstić information content (AvgIpc) is 3.14. The van der Waals surface area contributed by atoms with E-state index in [1.807, 2.05) is 0 Å². The Balaban J connectivity index is 1.61. The van der Waals surface area contributed by atoms with Gasteiger partial charge in [0, 0.05) is 23.8 Å². The molecule has 3 N–H and O–H groups in total. The Morgan fingerprint density at radius 2 is 1.81 bits per heavy atom. The number of sulfonamides is 1. The molecular formula is C18H20FN3O3S. The summed E-state index contributed by atoms with van der Waals surface area (Å²) >= 11 is 0. The lowest BCUT2D eigenvalue weighted by Gasteiger charge is -2.12. The van der Waals surface area contributed by atoms with Gasteiger partial charge in [-0.1, -0.05) is 0 Å². The van der Waals surface area contributed by atoms with Gasteiger partial charge in [-0.2, -0.15) is 0 Å². The highest BCUT2D eigenvalue weighted by molar-refractivity contribution is 7.92. The first-order chi connectivity index (χ1) is 12.4. The number of hydrogen-bond acceptors (Lipinski definition) is 4. The fraction of sp³-hybridized carbons (Fsp3) is 0.278. The van der Waals surface area contributed by atoms with Gasteiger partial charge in [-0.25, -0.2) is 12.8 Å². The fourth-order valence-corrected chi connectivity index (χ4v) is 3.82. The Morgan fingerprint density at radius 1 is 1.12 bits per heavy atom. The molecule has 3 rings (SSSR count). The smallest absolute Gasteiger partial charge is 0.261 e. The number of carbonyl (C=O) groups is 1. The largest absolute Gasteiger partial charge is 0.350 e. The highest BCUT2D eigenvalue weighted by Crippen LogP contribution is 2.17. The number of rotatable bonds is 6. The Bertz CT molecular complexity index is 862. The lowest BCUT2D eigenvalue weighted by molar-refractivity contribution is 0.0950. The summed E-state index contributed by atoms with van der Waals surface area (Å²) in [6.45, 7) is 1.54. The number of anilines is 1. The third-order valence-corrected chi connectivity index (χ3v) is 5.59. The molecule has 6 nitrogen and oxygen atoms in total. The summed E-state index contributed by atoms with van der Waals surface area (Å²) in [5, 5.41) is 6.17. The highest BCUT2D eigenvalue weighted by atomic mass is 32.2. The van der Waals surface area contributed by atoms with Crippen LogP contribution in [0.1, 0.15) is 23.2 Å². The van der Waals surface area contributed by atoms with E-state index in [1.165, 1.54) is 24.3 Å². The molecule has 1 fully saturated rings. The maximum absolute atomic E-state index is 12.9. The first kappa shape index (κ1) is 18.3. The van der Waals surface area contributed by atoms with Gasteiger partial charge in [0.15, 0.2) is 0 Å². The van der Waals surface area contributed by atoms with Crippen molar-refractivity contribution in [2.24, 2.45) is 0 Å². The van der Waals surface area contributed by atoms with Crippen LogP contribution in [0.2, 0.25) is 0 Å². The van der Waals surface area contributed by atoms with Crippen molar-refractivity contribution in [1.29, 1.82) is 0 Å². The van der Waals surface area contributed by atoms with Crippen LogP contribution in [-0.4, -0.2) is 33.5 Å². The Kier molecular flexibility index (Phi) is 5.53. The van der Waals surface area contributed by atoms with Crippen molar-refractivity contribution in [1.82, 2.24) is 10.6 Å². The Morgan fingerprint density at radius 3 is 2.42 bits per heavy atom. The molecule has 0 bridgehead atoms. The minimum Gasteiger partial charge on any atom is -0.350 e. The molecule has 0 radical (unpaired) electrons. The maximum atomic E-state index is 12.9. The predicted molar refractivity (Wildman–Crippen MR) is 97.0 cm³/mol. The number of nitrogens with one attached hydrogen (secondary N) is 3. The third kappa shape index (κ3) is 4.59. The van der Waals surface area contributed by atoms with Crippen molar-refractivity contribution >= 4 is 21.6 Å². The van der Waals surface area contributed by atoms with Crippen molar-refractivity contribution in [2.45, 2.75) is 23.8 Å². The number of benzene rings is 2. The van der Waals surface area contributed by atoms with Crippen LogP contribution in [0.25, 0.3) is 0 Å². The number of carbonyl (C=O) groups excluding carboxylic acids is 1. The maximum Gasteiger partial charge on any atom is 0.261 e. The van der Waals surface area contributed by atoms with E-state index in [2.05, 4.69) is 15.4 Å². The van der Waals surface area contributed by atoms with Gasteiger partial charge in [0.2, 0.25) is 0 Å².